The lowest BCUT2D eigenvalue weighted by molar-refractivity contribution is -0.143. The molecule has 0 fully saturated rings. The fourth-order valence-electron chi connectivity index (χ4n) is 1.66. The smallest absolute Gasteiger partial charge is 0.354 e. The first-order chi connectivity index (χ1) is 7.99. The van der Waals surface area contributed by atoms with E-state index in [-0.39, 0.29) is 12.3 Å². The van der Waals surface area contributed by atoms with Crippen molar-refractivity contribution < 1.29 is 9.53 Å². The third kappa shape index (κ3) is 1.87. The molecule has 90 valence electrons. The van der Waals surface area contributed by atoms with Crippen molar-refractivity contribution in [3.63, 3.8) is 0 Å². The summed E-state index contributed by atoms with van der Waals surface area (Å²) in [5.74, 6) is -0.681. The highest BCUT2D eigenvalue weighted by Crippen LogP contribution is 2.37. The van der Waals surface area contributed by atoms with Crippen molar-refractivity contribution in [3.05, 3.63) is 28.8 Å². The fourth-order valence-corrected chi connectivity index (χ4v) is 2.09. The monoisotopic (exact) mass is 272 g/mol. The van der Waals surface area contributed by atoms with Crippen LogP contribution in [0.25, 0.3) is 0 Å². The van der Waals surface area contributed by atoms with Gasteiger partial charge in [-0.3, -0.25) is 0 Å². The predicted molar refractivity (Wildman–Crippen MR) is 67.1 cm³/mol. The van der Waals surface area contributed by atoms with E-state index in [1.807, 2.05) is 0 Å². The SMILES string of the molecule is CCOC(=O)C1(Cl)Nc2cc(Cl)ccc2C1=N. The van der Waals surface area contributed by atoms with Crippen LogP contribution in [-0.4, -0.2) is 23.3 Å². The molecule has 1 aromatic carbocycles. The molecule has 0 spiro atoms. The van der Waals surface area contributed by atoms with Gasteiger partial charge in [0.15, 0.2) is 0 Å². The lowest BCUT2D eigenvalue weighted by Gasteiger charge is -2.19. The maximum atomic E-state index is 11.7. The van der Waals surface area contributed by atoms with Gasteiger partial charge in [-0.2, -0.15) is 0 Å². The van der Waals surface area contributed by atoms with Gasteiger partial charge in [0.1, 0.15) is 0 Å². The van der Waals surface area contributed by atoms with Gasteiger partial charge in [0.2, 0.25) is 0 Å². The molecular weight excluding hydrogens is 263 g/mol. The van der Waals surface area contributed by atoms with Crippen molar-refractivity contribution in [1.82, 2.24) is 0 Å². The Hall–Kier alpha value is -1.26. The third-order valence-electron chi connectivity index (χ3n) is 2.46. The minimum Gasteiger partial charge on any atom is -0.463 e. The average Bonchev–Trinajstić information content (AvgIpc) is 2.52. The van der Waals surface area contributed by atoms with Crippen LogP contribution in [-0.2, 0) is 9.53 Å². The van der Waals surface area contributed by atoms with E-state index in [0.717, 1.165) is 0 Å². The third-order valence-corrected chi connectivity index (χ3v) is 3.13. The van der Waals surface area contributed by atoms with Gasteiger partial charge in [-0.1, -0.05) is 23.2 Å². The Morgan fingerprint density at radius 3 is 2.94 bits per heavy atom. The summed E-state index contributed by atoms with van der Waals surface area (Å²) in [6.45, 7) is 1.89. The second-order valence-electron chi connectivity index (χ2n) is 3.57. The molecule has 4 nitrogen and oxygen atoms in total. The summed E-state index contributed by atoms with van der Waals surface area (Å²) in [5, 5.41) is 11.2. The maximum absolute atomic E-state index is 11.7. The number of hydrogen-bond donors (Lipinski definition) is 2. The van der Waals surface area contributed by atoms with E-state index < -0.39 is 11.0 Å². The molecule has 1 aromatic rings. The molecule has 1 atom stereocenters. The maximum Gasteiger partial charge on any atom is 0.354 e. The predicted octanol–water partition coefficient (Wildman–Crippen LogP) is 2.63. The van der Waals surface area contributed by atoms with Crippen molar-refractivity contribution in [2.24, 2.45) is 0 Å². The average molecular weight is 273 g/mol. The molecule has 0 saturated heterocycles. The van der Waals surface area contributed by atoms with E-state index in [4.69, 9.17) is 33.3 Å². The van der Waals surface area contributed by atoms with Gasteiger partial charge in [-0.15, -0.1) is 0 Å². The second-order valence-corrected chi connectivity index (χ2v) is 4.57. The van der Waals surface area contributed by atoms with Crippen LogP contribution in [0.4, 0.5) is 5.69 Å². The molecule has 17 heavy (non-hydrogen) atoms. The zero-order valence-electron chi connectivity index (χ0n) is 9.01. The van der Waals surface area contributed by atoms with Gasteiger partial charge in [-0.25, -0.2) is 4.79 Å². The molecule has 0 bridgehead atoms. The van der Waals surface area contributed by atoms with E-state index in [9.17, 15) is 4.79 Å². The number of rotatable bonds is 2. The Balaban J connectivity index is 2.39. The molecule has 1 heterocycles. The summed E-state index contributed by atoms with van der Waals surface area (Å²) in [6.07, 6.45) is 0. The van der Waals surface area contributed by atoms with Crippen LogP contribution < -0.4 is 5.32 Å². The van der Waals surface area contributed by atoms with Gasteiger partial charge in [-0.05, 0) is 25.1 Å². The van der Waals surface area contributed by atoms with Gasteiger partial charge in [0, 0.05) is 16.3 Å². The first kappa shape index (κ1) is 12.2. The Labute approximate surface area is 108 Å². The Kier molecular flexibility index (Phi) is 3.02. The zero-order valence-corrected chi connectivity index (χ0v) is 10.5. The molecule has 0 amide bonds. The molecule has 6 heteroatoms. The van der Waals surface area contributed by atoms with Crippen LogP contribution in [0.1, 0.15) is 12.5 Å². The normalized spacial score (nSPS) is 21.9. The molecule has 0 radical (unpaired) electrons. The molecule has 0 saturated carbocycles. The van der Waals surface area contributed by atoms with Crippen molar-refractivity contribution >= 4 is 40.6 Å². The first-order valence-corrected chi connectivity index (χ1v) is 5.78. The van der Waals surface area contributed by atoms with Crippen LogP contribution in [0.15, 0.2) is 18.2 Å². The number of fused-ring (bicyclic) bond motifs is 1. The number of ether oxygens (including phenoxy) is 1. The topological polar surface area (TPSA) is 62.2 Å². The highest BCUT2D eigenvalue weighted by atomic mass is 35.5. The summed E-state index contributed by atoms with van der Waals surface area (Å²) in [5.41, 5.74) is 1.09. The molecule has 2 rings (SSSR count). The Bertz CT molecular complexity index is 504. The van der Waals surface area contributed by atoms with Crippen LogP contribution in [0.3, 0.4) is 0 Å². The summed E-state index contributed by atoms with van der Waals surface area (Å²) in [6, 6.07) is 4.91. The molecule has 1 unspecified atom stereocenters. The van der Waals surface area contributed by atoms with E-state index >= 15 is 0 Å². The van der Waals surface area contributed by atoms with E-state index in [1.165, 1.54) is 0 Å². The highest BCUT2D eigenvalue weighted by molar-refractivity contribution is 6.52. The largest absolute Gasteiger partial charge is 0.463 e. The van der Waals surface area contributed by atoms with Crippen molar-refractivity contribution in [2.75, 3.05) is 11.9 Å². The number of hydrogen-bond acceptors (Lipinski definition) is 4. The minimum absolute atomic E-state index is 0.0238. The van der Waals surface area contributed by atoms with Gasteiger partial charge in [0.25, 0.3) is 5.00 Å². The van der Waals surface area contributed by atoms with E-state index in [0.29, 0.717) is 16.3 Å². The van der Waals surface area contributed by atoms with E-state index in [2.05, 4.69) is 5.32 Å². The van der Waals surface area contributed by atoms with E-state index in [1.54, 1.807) is 25.1 Å². The molecule has 0 aromatic heterocycles. The lowest BCUT2D eigenvalue weighted by atomic mass is 10.1. The van der Waals surface area contributed by atoms with Crippen molar-refractivity contribution in [2.45, 2.75) is 11.9 Å². The lowest BCUT2D eigenvalue weighted by Crippen LogP contribution is -2.45. The number of benzene rings is 1. The number of esters is 1. The quantitative estimate of drug-likeness (QED) is 0.494. The zero-order chi connectivity index (χ0) is 12.6. The number of anilines is 1. The Morgan fingerprint density at radius 1 is 1.59 bits per heavy atom. The minimum atomic E-state index is -1.65. The van der Waals surface area contributed by atoms with Crippen LogP contribution in [0, 0.1) is 5.41 Å². The van der Waals surface area contributed by atoms with Crippen molar-refractivity contribution in [3.8, 4) is 0 Å². The van der Waals surface area contributed by atoms with Crippen LogP contribution in [0.2, 0.25) is 5.02 Å². The number of alkyl halides is 1. The number of halogens is 2. The van der Waals surface area contributed by atoms with Crippen LogP contribution in [0.5, 0.6) is 0 Å². The van der Waals surface area contributed by atoms with Crippen LogP contribution >= 0.6 is 23.2 Å². The summed E-state index contributed by atoms with van der Waals surface area (Å²) in [4.78, 5) is 10.1. The van der Waals surface area contributed by atoms with Gasteiger partial charge in [0.05, 0.1) is 12.3 Å². The summed E-state index contributed by atoms with van der Waals surface area (Å²) in [7, 11) is 0. The number of carbonyl (C=O) groups excluding carboxylic acids is 1. The molecular formula is C11H10Cl2N2O2. The first-order valence-electron chi connectivity index (χ1n) is 5.02. The highest BCUT2D eigenvalue weighted by Gasteiger charge is 2.48. The molecule has 0 aliphatic carbocycles. The molecule has 2 N–H and O–H groups in total. The fraction of sp³-hybridized carbons (Fsp3) is 0.273. The summed E-state index contributed by atoms with van der Waals surface area (Å²) >= 11 is 11.9. The Morgan fingerprint density at radius 2 is 2.29 bits per heavy atom. The standard InChI is InChI=1S/C11H10Cl2N2O2/c1-2-17-10(16)11(13)9(14)7-4-3-6(12)5-8(7)15-11/h3-5,14-15H,2H2,1H3. The molecule has 1 aliphatic heterocycles. The van der Waals surface area contributed by atoms with Gasteiger partial charge < -0.3 is 15.5 Å². The van der Waals surface area contributed by atoms with Gasteiger partial charge >= 0.3 is 5.97 Å². The van der Waals surface area contributed by atoms with Crippen molar-refractivity contribution in [1.29, 1.82) is 5.41 Å². The molecule has 1 aliphatic rings. The number of carbonyl (C=O) groups is 1. The summed E-state index contributed by atoms with van der Waals surface area (Å²) < 4.78 is 4.85. The second kappa shape index (κ2) is 4.20. The number of nitrogens with one attached hydrogen (secondary N) is 2.